The highest BCUT2D eigenvalue weighted by molar-refractivity contribution is 7.09. The lowest BCUT2D eigenvalue weighted by Crippen LogP contribution is -2.52. The minimum absolute atomic E-state index is 0.0585. The average Bonchev–Trinajstić information content (AvgIpc) is 3.48. The Morgan fingerprint density at radius 1 is 0.744 bits per heavy atom. The Kier molecular flexibility index (Phi) is 13.0. The van der Waals surface area contributed by atoms with Gasteiger partial charge in [-0.1, -0.05) is 88.4 Å². The molecule has 0 fully saturated rings. The molecule has 11 nitrogen and oxygen atoms in total. The van der Waals surface area contributed by atoms with Crippen molar-refractivity contribution < 1.29 is 28.7 Å². The molecule has 3 aromatic rings. The molecule has 0 aliphatic rings. The van der Waals surface area contributed by atoms with E-state index < -0.39 is 36.1 Å². The third kappa shape index (κ3) is 11.8. The molecule has 4 amide bonds. The van der Waals surface area contributed by atoms with Gasteiger partial charge in [0.2, 0.25) is 0 Å². The largest absolute Gasteiger partial charge is 0.445 e. The molecule has 1 heterocycles. The predicted octanol–water partition coefficient (Wildman–Crippen LogP) is 5.26. The van der Waals surface area contributed by atoms with E-state index in [0.29, 0.717) is 17.8 Å². The molecule has 0 bridgehead atoms. The van der Waals surface area contributed by atoms with Crippen LogP contribution in [0.3, 0.4) is 0 Å². The van der Waals surface area contributed by atoms with Crippen molar-refractivity contribution in [2.24, 2.45) is 11.8 Å². The second kappa shape index (κ2) is 16.9. The number of nitrogens with one attached hydrogen (secondary N) is 4. The van der Waals surface area contributed by atoms with Crippen LogP contribution in [-0.2, 0) is 27.5 Å². The van der Waals surface area contributed by atoms with Crippen molar-refractivity contribution in [3.63, 3.8) is 0 Å². The van der Waals surface area contributed by atoms with Gasteiger partial charge < -0.3 is 20.1 Å². The Labute approximate surface area is 255 Å². The Balaban J connectivity index is 1.54. The molecule has 3 rings (SSSR count). The van der Waals surface area contributed by atoms with Crippen molar-refractivity contribution in [3.8, 4) is 0 Å². The van der Waals surface area contributed by atoms with Gasteiger partial charge >= 0.3 is 12.2 Å². The van der Waals surface area contributed by atoms with Crippen LogP contribution >= 0.6 is 11.3 Å². The van der Waals surface area contributed by atoms with Crippen LogP contribution in [0.1, 0.15) is 73.2 Å². The van der Waals surface area contributed by atoms with E-state index in [4.69, 9.17) is 9.47 Å². The summed E-state index contributed by atoms with van der Waals surface area (Å²) in [7, 11) is 0. The Hall–Kier alpha value is -4.45. The monoisotopic (exact) mass is 609 g/mol. The van der Waals surface area contributed by atoms with E-state index in [2.05, 4.69) is 26.5 Å². The van der Waals surface area contributed by atoms with Crippen LogP contribution < -0.4 is 21.5 Å². The molecule has 0 saturated carbocycles. The van der Waals surface area contributed by atoms with Crippen molar-refractivity contribution in [1.29, 1.82) is 0 Å². The molecule has 1 aromatic heterocycles. The van der Waals surface area contributed by atoms with Crippen LogP contribution in [0.5, 0.6) is 0 Å². The molecular weight excluding hydrogens is 570 g/mol. The highest BCUT2D eigenvalue weighted by Crippen LogP contribution is 2.25. The predicted molar refractivity (Wildman–Crippen MR) is 163 cm³/mol. The smallest absolute Gasteiger partial charge is 0.408 e. The van der Waals surface area contributed by atoms with Gasteiger partial charge in [-0.25, -0.2) is 14.6 Å². The van der Waals surface area contributed by atoms with Gasteiger partial charge in [0.1, 0.15) is 30.0 Å². The van der Waals surface area contributed by atoms with Gasteiger partial charge in [0.15, 0.2) is 0 Å². The number of amides is 4. The minimum atomic E-state index is -0.934. The number of nitrogens with zero attached hydrogens (tertiary/aromatic N) is 1. The van der Waals surface area contributed by atoms with E-state index >= 15 is 0 Å². The SMILES string of the molecule is CC(C)CC(NC(=O)OCc1ccccc1)C(=O)NNC(=O)c1csc(C(CC(C)C)NC(=O)OCc2ccccc2)n1. The van der Waals surface area contributed by atoms with Crippen molar-refractivity contribution in [3.05, 3.63) is 87.9 Å². The van der Waals surface area contributed by atoms with Crippen LogP contribution in [0.15, 0.2) is 66.0 Å². The first-order valence-corrected chi connectivity index (χ1v) is 15.0. The zero-order valence-electron chi connectivity index (χ0n) is 24.8. The summed E-state index contributed by atoms with van der Waals surface area (Å²) >= 11 is 1.22. The van der Waals surface area contributed by atoms with Crippen LogP contribution in [0.2, 0.25) is 0 Å². The Morgan fingerprint density at radius 3 is 1.81 bits per heavy atom. The molecule has 2 aromatic carbocycles. The molecule has 2 unspecified atom stereocenters. The first kappa shape index (κ1) is 33.1. The van der Waals surface area contributed by atoms with Gasteiger partial charge in [-0.2, -0.15) is 0 Å². The number of benzene rings is 2. The molecule has 0 saturated heterocycles. The number of hydrazine groups is 1. The Morgan fingerprint density at radius 2 is 1.28 bits per heavy atom. The van der Waals surface area contributed by atoms with Crippen LogP contribution in [0.25, 0.3) is 0 Å². The summed E-state index contributed by atoms with van der Waals surface area (Å²) in [6.45, 7) is 8.03. The third-order valence-corrected chi connectivity index (χ3v) is 7.05. The third-order valence-electron chi connectivity index (χ3n) is 6.09. The first-order chi connectivity index (χ1) is 20.6. The molecule has 12 heteroatoms. The molecule has 4 N–H and O–H groups in total. The van der Waals surface area contributed by atoms with E-state index in [9.17, 15) is 19.2 Å². The van der Waals surface area contributed by atoms with E-state index in [1.54, 1.807) is 5.38 Å². The number of thiazole rings is 1. The summed E-state index contributed by atoms with van der Waals surface area (Å²) in [5.41, 5.74) is 6.47. The summed E-state index contributed by atoms with van der Waals surface area (Å²) in [6.07, 6.45) is -0.430. The van der Waals surface area contributed by atoms with Crippen LogP contribution in [0.4, 0.5) is 9.59 Å². The number of ether oxygens (including phenoxy) is 2. The first-order valence-electron chi connectivity index (χ1n) is 14.1. The van der Waals surface area contributed by atoms with E-state index in [1.807, 2.05) is 88.4 Å². The summed E-state index contributed by atoms with van der Waals surface area (Å²) in [4.78, 5) is 54.9. The number of rotatable bonds is 13. The fraction of sp³-hybridized carbons (Fsp3) is 0.387. The highest BCUT2D eigenvalue weighted by atomic mass is 32.1. The van der Waals surface area contributed by atoms with E-state index in [1.165, 1.54) is 11.3 Å². The lowest BCUT2D eigenvalue weighted by Gasteiger charge is -2.20. The minimum Gasteiger partial charge on any atom is -0.445 e. The molecule has 0 aliphatic heterocycles. The van der Waals surface area contributed by atoms with Crippen molar-refractivity contribution >= 4 is 35.3 Å². The number of aromatic nitrogens is 1. The average molecular weight is 610 g/mol. The topological polar surface area (TPSA) is 148 Å². The van der Waals surface area contributed by atoms with Gasteiger partial charge in [0.05, 0.1) is 6.04 Å². The molecule has 0 aliphatic carbocycles. The van der Waals surface area contributed by atoms with Crippen molar-refractivity contribution in [2.45, 2.75) is 65.8 Å². The zero-order valence-corrected chi connectivity index (χ0v) is 25.6. The maximum atomic E-state index is 12.9. The lowest BCUT2D eigenvalue weighted by atomic mass is 10.0. The van der Waals surface area contributed by atoms with Gasteiger partial charge in [0.25, 0.3) is 11.8 Å². The summed E-state index contributed by atoms with van der Waals surface area (Å²) in [5, 5.41) is 7.49. The molecule has 0 spiro atoms. The second-order valence-corrected chi connectivity index (χ2v) is 11.7. The quantitative estimate of drug-likeness (QED) is 0.193. The van der Waals surface area contributed by atoms with Gasteiger partial charge in [-0.3, -0.25) is 20.4 Å². The number of carbonyl (C=O) groups excluding carboxylic acids is 4. The molecule has 230 valence electrons. The van der Waals surface area contributed by atoms with Gasteiger partial charge in [-0.15, -0.1) is 11.3 Å². The summed E-state index contributed by atoms with van der Waals surface area (Å²) < 4.78 is 10.6. The van der Waals surface area contributed by atoms with Crippen LogP contribution in [-0.4, -0.2) is 35.0 Å². The highest BCUT2D eigenvalue weighted by Gasteiger charge is 2.25. The Bertz CT molecular complexity index is 1330. The summed E-state index contributed by atoms with van der Waals surface area (Å²) in [6, 6.07) is 17.1. The second-order valence-electron chi connectivity index (χ2n) is 10.8. The van der Waals surface area contributed by atoms with Crippen LogP contribution in [0, 0.1) is 11.8 Å². The maximum Gasteiger partial charge on any atom is 0.408 e. The molecule has 2 atom stereocenters. The van der Waals surface area contributed by atoms with Gasteiger partial charge in [0, 0.05) is 5.38 Å². The molecular formula is C31H39N5O6S. The summed E-state index contributed by atoms with van der Waals surface area (Å²) in [5.74, 6) is -0.938. The van der Waals surface area contributed by atoms with Crippen molar-refractivity contribution in [2.75, 3.05) is 0 Å². The maximum absolute atomic E-state index is 12.9. The number of alkyl carbamates (subject to hydrolysis) is 2. The number of hydrogen-bond acceptors (Lipinski definition) is 8. The standard InChI is InChI=1S/C31H39N5O6S/c1-20(2)15-24(33-30(39)41-17-22-11-7-5-8-12-22)27(37)35-36-28(38)26-19-43-29(32-26)25(16-21(3)4)34-31(40)42-18-23-13-9-6-10-14-23/h5-14,19-21,24-25H,15-18H2,1-4H3,(H,33,39)(H,34,40)(H,35,37)(H,36,38). The number of carbonyl (C=O) groups is 4. The fourth-order valence-electron chi connectivity index (χ4n) is 4.03. The van der Waals surface area contributed by atoms with Gasteiger partial charge in [-0.05, 0) is 35.8 Å². The molecule has 0 radical (unpaired) electrons. The fourth-order valence-corrected chi connectivity index (χ4v) is 4.89. The van der Waals surface area contributed by atoms with E-state index in [-0.39, 0.29) is 30.7 Å². The lowest BCUT2D eigenvalue weighted by molar-refractivity contribution is -0.124. The van der Waals surface area contributed by atoms with Crippen molar-refractivity contribution in [1.82, 2.24) is 26.5 Å². The molecule has 43 heavy (non-hydrogen) atoms. The normalized spacial score (nSPS) is 12.2. The van der Waals surface area contributed by atoms with E-state index in [0.717, 1.165) is 11.1 Å². The number of hydrogen-bond donors (Lipinski definition) is 4. The zero-order chi connectivity index (χ0) is 31.2.